The molecule has 0 spiro atoms. The molecular formula is C17H27NO2. The number of hydrogen-bond donors (Lipinski definition) is 1. The molecule has 0 bridgehead atoms. The molecule has 3 nitrogen and oxygen atoms in total. The lowest BCUT2D eigenvalue weighted by molar-refractivity contribution is 0.110. The van der Waals surface area contributed by atoms with Crippen LogP contribution in [-0.4, -0.2) is 32.4 Å². The van der Waals surface area contributed by atoms with Gasteiger partial charge in [0.05, 0.1) is 12.7 Å². The minimum atomic E-state index is 0.445. The van der Waals surface area contributed by atoms with Crippen LogP contribution in [0.5, 0.6) is 5.75 Å². The summed E-state index contributed by atoms with van der Waals surface area (Å²) < 4.78 is 11.5. The van der Waals surface area contributed by atoms with Gasteiger partial charge in [0.15, 0.2) is 0 Å². The van der Waals surface area contributed by atoms with E-state index in [0.717, 1.165) is 44.9 Å². The first kappa shape index (κ1) is 15.3. The van der Waals surface area contributed by atoms with E-state index in [0.29, 0.717) is 6.10 Å². The lowest BCUT2D eigenvalue weighted by Crippen LogP contribution is -2.27. The van der Waals surface area contributed by atoms with E-state index in [-0.39, 0.29) is 0 Å². The number of para-hydroxylation sites is 1. The van der Waals surface area contributed by atoms with E-state index in [2.05, 4.69) is 37.4 Å². The molecular weight excluding hydrogens is 250 g/mol. The topological polar surface area (TPSA) is 30.5 Å². The van der Waals surface area contributed by atoms with E-state index >= 15 is 0 Å². The van der Waals surface area contributed by atoms with Gasteiger partial charge < -0.3 is 14.8 Å². The Morgan fingerprint density at radius 1 is 1.25 bits per heavy atom. The maximum Gasteiger partial charge on any atom is 0.125 e. The van der Waals surface area contributed by atoms with Gasteiger partial charge in [-0.2, -0.15) is 0 Å². The third-order valence-corrected chi connectivity index (χ3v) is 3.80. The smallest absolute Gasteiger partial charge is 0.125 e. The molecule has 1 atom stereocenters. The van der Waals surface area contributed by atoms with Gasteiger partial charge in [0.2, 0.25) is 0 Å². The van der Waals surface area contributed by atoms with Crippen molar-refractivity contribution in [3.63, 3.8) is 0 Å². The van der Waals surface area contributed by atoms with Crippen molar-refractivity contribution in [3.8, 4) is 5.75 Å². The molecule has 0 radical (unpaired) electrons. The first-order valence-electron chi connectivity index (χ1n) is 7.78. The van der Waals surface area contributed by atoms with Gasteiger partial charge in [-0.3, -0.25) is 0 Å². The van der Waals surface area contributed by atoms with Crippen LogP contribution < -0.4 is 10.1 Å². The Hall–Kier alpha value is -1.06. The third-order valence-electron chi connectivity index (χ3n) is 3.80. The van der Waals surface area contributed by atoms with Crippen LogP contribution >= 0.6 is 0 Å². The van der Waals surface area contributed by atoms with Gasteiger partial charge in [-0.15, -0.1) is 0 Å². The zero-order valence-electron chi connectivity index (χ0n) is 12.8. The summed E-state index contributed by atoms with van der Waals surface area (Å²) in [4.78, 5) is 0. The summed E-state index contributed by atoms with van der Waals surface area (Å²) in [6.07, 6.45) is 5.11. The van der Waals surface area contributed by atoms with Gasteiger partial charge in [0.25, 0.3) is 0 Å². The van der Waals surface area contributed by atoms with Crippen LogP contribution in [0.4, 0.5) is 0 Å². The second-order valence-corrected chi connectivity index (χ2v) is 5.62. The molecule has 0 saturated carbocycles. The first-order valence-corrected chi connectivity index (χ1v) is 7.78. The molecule has 0 aromatic heterocycles. The molecule has 0 amide bonds. The van der Waals surface area contributed by atoms with Crippen molar-refractivity contribution >= 4 is 0 Å². The molecule has 0 aliphatic carbocycles. The molecule has 1 fully saturated rings. The molecule has 20 heavy (non-hydrogen) atoms. The van der Waals surface area contributed by atoms with Gasteiger partial charge in [0, 0.05) is 13.2 Å². The van der Waals surface area contributed by atoms with Crippen molar-refractivity contribution in [1.82, 2.24) is 5.32 Å². The lowest BCUT2D eigenvalue weighted by Gasteiger charge is -2.12. The molecule has 112 valence electrons. The minimum absolute atomic E-state index is 0.445. The highest BCUT2D eigenvalue weighted by molar-refractivity contribution is 5.39. The summed E-state index contributed by atoms with van der Waals surface area (Å²) in [6, 6.07) is 6.28. The highest BCUT2D eigenvalue weighted by atomic mass is 16.5. The van der Waals surface area contributed by atoms with Gasteiger partial charge in [-0.05, 0) is 57.2 Å². The van der Waals surface area contributed by atoms with Crippen LogP contribution in [0.2, 0.25) is 0 Å². The van der Waals surface area contributed by atoms with Crippen molar-refractivity contribution in [3.05, 3.63) is 29.3 Å². The van der Waals surface area contributed by atoms with Crippen LogP contribution in [0.3, 0.4) is 0 Å². The molecule has 1 N–H and O–H groups in total. The fraction of sp³-hybridized carbons (Fsp3) is 0.647. The molecule has 1 aliphatic rings. The van der Waals surface area contributed by atoms with E-state index in [9.17, 15) is 0 Å². The van der Waals surface area contributed by atoms with Gasteiger partial charge >= 0.3 is 0 Å². The molecule has 0 unspecified atom stereocenters. The average Bonchev–Trinajstić information content (AvgIpc) is 2.93. The Morgan fingerprint density at radius 3 is 2.75 bits per heavy atom. The Kier molecular flexibility index (Phi) is 6.34. The van der Waals surface area contributed by atoms with E-state index in [1.54, 1.807) is 0 Å². The predicted molar refractivity (Wildman–Crippen MR) is 82.5 cm³/mol. The van der Waals surface area contributed by atoms with E-state index in [1.165, 1.54) is 24.0 Å². The van der Waals surface area contributed by atoms with Crippen LogP contribution in [0.25, 0.3) is 0 Å². The number of rotatable bonds is 8. The monoisotopic (exact) mass is 277 g/mol. The maximum absolute atomic E-state index is 5.90. The van der Waals surface area contributed by atoms with Crippen LogP contribution in [0.1, 0.15) is 36.8 Å². The van der Waals surface area contributed by atoms with Gasteiger partial charge in [-0.1, -0.05) is 18.2 Å². The number of ether oxygens (including phenoxy) is 2. The second kappa shape index (κ2) is 8.28. The summed E-state index contributed by atoms with van der Waals surface area (Å²) >= 11 is 0. The SMILES string of the molecule is Cc1cccc(C)c1OCCCCNC[C@@H]1CCCO1. The fourth-order valence-electron chi connectivity index (χ4n) is 2.62. The normalized spacial score (nSPS) is 18.4. The van der Waals surface area contributed by atoms with Gasteiger partial charge in [0.1, 0.15) is 5.75 Å². The maximum atomic E-state index is 5.90. The highest BCUT2D eigenvalue weighted by Crippen LogP contribution is 2.22. The van der Waals surface area contributed by atoms with Gasteiger partial charge in [-0.25, -0.2) is 0 Å². The summed E-state index contributed by atoms with van der Waals surface area (Å²) in [5.41, 5.74) is 2.45. The summed E-state index contributed by atoms with van der Waals surface area (Å²) in [7, 11) is 0. The Bertz CT molecular complexity index is 380. The average molecular weight is 277 g/mol. The standard InChI is InChI=1S/C17H27NO2/c1-14-7-5-8-15(2)17(14)20-11-4-3-10-18-13-16-9-6-12-19-16/h5,7-8,16,18H,3-4,6,9-13H2,1-2H3/t16-/m0/s1. The summed E-state index contributed by atoms with van der Waals surface area (Å²) in [5.74, 6) is 1.06. The van der Waals surface area contributed by atoms with Crippen LogP contribution in [-0.2, 0) is 4.74 Å². The summed E-state index contributed by atoms with van der Waals surface area (Å²) in [6.45, 7) is 7.99. The molecule has 1 aromatic carbocycles. The number of nitrogens with one attached hydrogen (secondary N) is 1. The Labute approximate surface area is 122 Å². The number of hydrogen-bond acceptors (Lipinski definition) is 3. The third kappa shape index (κ3) is 4.80. The zero-order valence-corrected chi connectivity index (χ0v) is 12.8. The largest absolute Gasteiger partial charge is 0.493 e. The molecule has 1 saturated heterocycles. The quantitative estimate of drug-likeness (QED) is 0.740. The van der Waals surface area contributed by atoms with E-state index in [4.69, 9.17) is 9.47 Å². The number of benzene rings is 1. The molecule has 1 heterocycles. The molecule has 3 heteroatoms. The minimum Gasteiger partial charge on any atom is -0.493 e. The van der Waals surface area contributed by atoms with E-state index < -0.39 is 0 Å². The second-order valence-electron chi connectivity index (χ2n) is 5.62. The van der Waals surface area contributed by atoms with Crippen LogP contribution in [0, 0.1) is 13.8 Å². The molecule has 1 aromatic rings. The molecule has 1 aliphatic heterocycles. The van der Waals surface area contributed by atoms with Crippen molar-refractivity contribution in [2.24, 2.45) is 0 Å². The van der Waals surface area contributed by atoms with Crippen molar-refractivity contribution in [2.45, 2.75) is 45.6 Å². The zero-order chi connectivity index (χ0) is 14.2. The Balaban J connectivity index is 1.53. The highest BCUT2D eigenvalue weighted by Gasteiger charge is 2.14. The van der Waals surface area contributed by atoms with Crippen molar-refractivity contribution < 1.29 is 9.47 Å². The number of aryl methyl sites for hydroxylation is 2. The van der Waals surface area contributed by atoms with Crippen molar-refractivity contribution in [2.75, 3.05) is 26.3 Å². The van der Waals surface area contributed by atoms with Crippen molar-refractivity contribution in [1.29, 1.82) is 0 Å². The predicted octanol–water partition coefficient (Wildman–Crippen LogP) is 3.23. The Morgan fingerprint density at radius 2 is 2.05 bits per heavy atom. The number of unbranched alkanes of at least 4 members (excludes halogenated alkanes) is 1. The first-order chi connectivity index (χ1) is 9.77. The van der Waals surface area contributed by atoms with E-state index in [1.807, 2.05) is 0 Å². The molecule has 2 rings (SSSR count). The fourth-order valence-corrected chi connectivity index (χ4v) is 2.62. The summed E-state index contributed by atoms with van der Waals surface area (Å²) in [5, 5.41) is 3.47. The van der Waals surface area contributed by atoms with Crippen LogP contribution in [0.15, 0.2) is 18.2 Å². The lowest BCUT2D eigenvalue weighted by atomic mass is 10.1.